The molecule has 0 fully saturated rings. The number of rotatable bonds is 4. The first-order chi connectivity index (χ1) is 12.6. The fourth-order valence-electron chi connectivity index (χ4n) is 2.40. The number of nitrogens with one attached hydrogen (secondary N) is 1. The van der Waals surface area contributed by atoms with E-state index in [1.54, 1.807) is 11.4 Å². The van der Waals surface area contributed by atoms with Gasteiger partial charge in [-0.25, -0.2) is 9.50 Å². The van der Waals surface area contributed by atoms with E-state index in [1.807, 2.05) is 19.9 Å². The molecule has 0 saturated heterocycles. The van der Waals surface area contributed by atoms with E-state index >= 15 is 0 Å². The van der Waals surface area contributed by atoms with Gasteiger partial charge in [0, 0.05) is 17.1 Å². The van der Waals surface area contributed by atoms with Crippen molar-refractivity contribution in [2.45, 2.75) is 37.4 Å². The number of aromatic nitrogens is 4. The van der Waals surface area contributed by atoms with Gasteiger partial charge in [0.25, 0.3) is 5.78 Å². The van der Waals surface area contributed by atoms with Crippen LogP contribution in [0.25, 0.3) is 5.78 Å². The van der Waals surface area contributed by atoms with Gasteiger partial charge in [-0.3, -0.25) is 4.79 Å². The van der Waals surface area contributed by atoms with Crippen LogP contribution >= 0.6 is 11.8 Å². The van der Waals surface area contributed by atoms with Gasteiger partial charge in [-0.15, -0.1) is 5.10 Å². The predicted molar refractivity (Wildman–Crippen MR) is 95.6 cm³/mol. The van der Waals surface area contributed by atoms with Crippen molar-refractivity contribution in [3.05, 3.63) is 47.3 Å². The van der Waals surface area contributed by atoms with Crippen LogP contribution in [-0.4, -0.2) is 30.7 Å². The van der Waals surface area contributed by atoms with Gasteiger partial charge in [-0.2, -0.15) is 18.2 Å². The van der Waals surface area contributed by atoms with E-state index in [4.69, 9.17) is 0 Å². The summed E-state index contributed by atoms with van der Waals surface area (Å²) >= 11 is 1.14. The number of benzene rings is 1. The zero-order chi connectivity index (χ0) is 19.8. The van der Waals surface area contributed by atoms with Gasteiger partial charge in [-0.05, 0) is 51.1 Å². The van der Waals surface area contributed by atoms with Crippen LogP contribution in [0.5, 0.6) is 0 Å². The molecule has 0 spiro atoms. The van der Waals surface area contributed by atoms with Crippen LogP contribution in [0.15, 0.2) is 35.5 Å². The number of nitrogens with zero attached hydrogens (tertiary/aromatic N) is 4. The minimum Gasteiger partial charge on any atom is -0.325 e. The van der Waals surface area contributed by atoms with Gasteiger partial charge in [-0.1, -0.05) is 11.8 Å². The Bertz CT molecular complexity index is 985. The molecule has 0 radical (unpaired) electrons. The number of amides is 1. The number of halogens is 3. The molecule has 1 unspecified atom stereocenters. The summed E-state index contributed by atoms with van der Waals surface area (Å²) in [5, 5.41) is 6.76. The molecule has 27 heavy (non-hydrogen) atoms. The number of alkyl halides is 3. The normalized spacial score (nSPS) is 13.0. The zero-order valence-corrected chi connectivity index (χ0v) is 15.5. The largest absolute Gasteiger partial charge is 0.416 e. The molecule has 1 N–H and O–H groups in total. The molecule has 1 aromatic carbocycles. The van der Waals surface area contributed by atoms with E-state index in [0.717, 1.165) is 35.3 Å². The first-order valence-electron chi connectivity index (χ1n) is 7.99. The van der Waals surface area contributed by atoms with Crippen molar-refractivity contribution in [1.29, 1.82) is 0 Å². The van der Waals surface area contributed by atoms with Gasteiger partial charge in [0.2, 0.25) is 11.1 Å². The molecule has 2 heterocycles. The Morgan fingerprint density at radius 3 is 2.48 bits per heavy atom. The number of aryl methyl sites for hydroxylation is 2. The third-order valence-corrected chi connectivity index (χ3v) is 4.68. The van der Waals surface area contributed by atoms with Crippen LogP contribution in [0.3, 0.4) is 0 Å². The summed E-state index contributed by atoms with van der Waals surface area (Å²) in [5.74, 6) is 0.0878. The Balaban J connectivity index is 1.68. The highest BCUT2D eigenvalue weighted by Crippen LogP contribution is 2.30. The Morgan fingerprint density at radius 2 is 1.85 bits per heavy atom. The van der Waals surface area contributed by atoms with E-state index in [9.17, 15) is 18.0 Å². The highest BCUT2D eigenvalue weighted by atomic mass is 32.2. The van der Waals surface area contributed by atoms with Crippen LogP contribution < -0.4 is 5.32 Å². The molecule has 3 rings (SSSR count). The summed E-state index contributed by atoms with van der Waals surface area (Å²) in [5.41, 5.74) is 1.21. The molecule has 2 aromatic heterocycles. The van der Waals surface area contributed by atoms with E-state index in [1.165, 1.54) is 12.1 Å². The topological polar surface area (TPSA) is 72.2 Å². The van der Waals surface area contributed by atoms with Crippen molar-refractivity contribution >= 4 is 29.1 Å². The standard InChI is InChI=1S/C17H16F3N5OS/c1-9-8-10(2)25-15(21-9)23-16(24-25)27-11(3)14(26)22-13-6-4-12(5-7-13)17(18,19)20/h4-8,11H,1-3H3,(H,22,26). The molecule has 3 aromatic rings. The fourth-order valence-corrected chi connectivity index (χ4v) is 3.14. The van der Waals surface area contributed by atoms with E-state index in [0.29, 0.717) is 10.9 Å². The molecule has 0 saturated carbocycles. The molecule has 142 valence electrons. The van der Waals surface area contributed by atoms with Crippen molar-refractivity contribution in [1.82, 2.24) is 19.6 Å². The van der Waals surface area contributed by atoms with Crippen molar-refractivity contribution in [3.8, 4) is 0 Å². The average molecular weight is 395 g/mol. The summed E-state index contributed by atoms with van der Waals surface area (Å²) in [7, 11) is 0. The van der Waals surface area contributed by atoms with Gasteiger partial charge in [0.05, 0.1) is 10.8 Å². The minimum atomic E-state index is -4.41. The van der Waals surface area contributed by atoms with Crippen molar-refractivity contribution in [2.75, 3.05) is 5.32 Å². The lowest BCUT2D eigenvalue weighted by atomic mass is 10.2. The first kappa shape index (κ1) is 19.2. The third kappa shape index (κ3) is 4.38. The van der Waals surface area contributed by atoms with Crippen molar-refractivity contribution in [2.24, 2.45) is 0 Å². The number of carbonyl (C=O) groups is 1. The van der Waals surface area contributed by atoms with Crippen LogP contribution in [0, 0.1) is 13.8 Å². The SMILES string of the molecule is Cc1cc(C)n2nc(SC(C)C(=O)Nc3ccc(C(F)(F)F)cc3)nc2n1. The summed E-state index contributed by atoms with van der Waals surface area (Å²) in [6.45, 7) is 5.40. The lowest BCUT2D eigenvalue weighted by Gasteiger charge is -2.11. The Labute approximate surface area is 157 Å². The maximum Gasteiger partial charge on any atom is 0.416 e. The second-order valence-corrected chi connectivity index (χ2v) is 7.28. The number of anilines is 1. The Hall–Kier alpha value is -2.62. The lowest BCUT2D eigenvalue weighted by Crippen LogP contribution is -2.22. The molecule has 0 bridgehead atoms. The smallest absolute Gasteiger partial charge is 0.325 e. The summed E-state index contributed by atoms with van der Waals surface area (Å²) < 4.78 is 39.3. The number of thioether (sulfide) groups is 1. The van der Waals surface area contributed by atoms with Crippen LogP contribution in [0.4, 0.5) is 18.9 Å². The maximum absolute atomic E-state index is 12.6. The van der Waals surface area contributed by atoms with Gasteiger partial charge < -0.3 is 5.32 Å². The van der Waals surface area contributed by atoms with Crippen LogP contribution in [0.1, 0.15) is 23.9 Å². The molecule has 0 aliphatic rings. The fraction of sp³-hybridized carbons (Fsp3) is 0.294. The van der Waals surface area contributed by atoms with E-state index < -0.39 is 17.0 Å². The van der Waals surface area contributed by atoms with Crippen molar-refractivity contribution in [3.63, 3.8) is 0 Å². The lowest BCUT2D eigenvalue weighted by molar-refractivity contribution is -0.137. The molecule has 0 aliphatic heterocycles. The number of fused-ring (bicyclic) bond motifs is 1. The minimum absolute atomic E-state index is 0.288. The number of hydrogen-bond acceptors (Lipinski definition) is 5. The molecule has 1 amide bonds. The van der Waals surface area contributed by atoms with Crippen molar-refractivity contribution < 1.29 is 18.0 Å². The molecule has 6 nitrogen and oxygen atoms in total. The molecular formula is C17H16F3N5OS. The Kier molecular flexibility index (Phi) is 5.09. The number of hydrogen-bond donors (Lipinski definition) is 1. The molecular weight excluding hydrogens is 379 g/mol. The molecule has 0 aliphatic carbocycles. The van der Waals surface area contributed by atoms with Gasteiger partial charge >= 0.3 is 6.18 Å². The highest BCUT2D eigenvalue weighted by Gasteiger charge is 2.30. The summed E-state index contributed by atoms with van der Waals surface area (Å²) in [6, 6.07) is 6.16. The summed E-state index contributed by atoms with van der Waals surface area (Å²) in [6.07, 6.45) is -4.41. The molecule has 1 atom stereocenters. The van der Waals surface area contributed by atoms with Crippen LogP contribution in [0.2, 0.25) is 0 Å². The van der Waals surface area contributed by atoms with Crippen LogP contribution in [-0.2, 0) is 11.0 Å². The second-order valence-electron chi connectivity index (χ2n) is 5.97. The molecule has 10 heteroatoms. The average Bonchev–Trinajstić information content (AvgIpc) is 2.97. The summed E-state index contributed by atoms with van der Waals surface area (Å²) in [4.78, 5) is 20.9. The third-order valence-electron chi connectivity index (χ3n) is 3.73. The number of carbonyl (C=O) groups excluding carboxylic acids is 1. The second kappa shape index (κ2) is 7.18. The van der Waals surface area contributed by atoms with Gasteiger partial charge in [0.15, 0.2) is 0 Å². The quantitative estimate of drug-likeness (QED) is 0.679. The zero-order valence-electron chi connectivity index (χ0n) is 14.7. The van der Waals surface area contributed by atoms with Gasteiger partial charge in [0.1, 0.15) is 0 Å². The monoisotopic (exact) mass is 395 g/mol. The maximum atomic E-state index is 12.6. The predicted octanol–water partition coefficient (Wildman–Crippen LogP) is 3.88. The highest BCUT2D eigenvalue weighted by molar-refractivity contribution is 8.00. The van der Waals surface area contributed by atoms with E-state index in [-0.39, 0.29) is 11.6 Å². The first-order valence-corrected chi connectivity index (χ1v) is 8.87. The Morgan fingerprint density at radius 1 is 1.19 bits per heavy atom. The van der Waals surface area contributed by atoms with E-state index in [2.05, 4.69) is 20.4 Å².